The maximum atomic E-state index is 10.4. The first-order valence-corrected chi connectivity index (χ1v) is 6.32. The van der Waals surface area contributed by atoms with E-state index in [0.717, 1.165) is 16.7 Å². The van der Waals surface area contributed by atoms with Crippen molar-refractivity contribution in [1.29, 1.82) is 0 Å². The topological polar surface area (TPSA) is 20.2 Å². The van der Waals surface area contributed by atoms with Crippen molar-refractivity contribution in [2.24, 2.45) is 0 Å². The lowest BCUT2D eigenvalue weighted by Gasteiger charge is -2.14. The minimum Gasteiger partial charge on any atom is -0.384 e. The van der Waals surface area contributed by atoms with Gasteiger partial charge < -0.3 is 5.11 Å². The average molecular weight is 232 g/mol. The Morgan fingerprint density at radius 1 is 1.00 bits per heavy atom. The highest BCUT2D eigenvalue weighted by atomic mass is 32.1. The largest absolute Gasteiger partial charge is 0.384 e. The molecule has 0 aliphatic heterocycles. The Kier molecular flexibility index (Phi) is 3.13. The molecule has 0 saturated carbocycles. The molecule has 0 amide bonds. The quantitative estimate of drug-likeness (QED) is 0.836. The van der Waals surface area contributed by atoms with Crippen LogP contribution in [0.25, 0.3) is 0 Å². The Morgan fingerprint density at radius 3 is 2.38 bits per heavy atom. The number of aliphatic hydroxyl groups is 1. The first kappa shape index (κ1) is 11.4. The maximum Gasteiger partial charge on any atom is 0.105 e. The Balaban J connectivity index is 2.45. The van der Waals surface area contributed by atoms with Crippen LogP contribution in [0.5, 0.6) is 0 Å². The summed E-state index contributed by atoms with van der Waals surface area (Å²) in [4.78, 5) is 0. The molecule has 0 bridgehead atoms. The minimum absolute atomic E-state index is 0.494. The van der Waals surface area contributed by atoms with E-state index < -0.39 is 6.10 Å². The molecule has 1 aromatic carbocycles. The van der Waals surface area contributed by atoms with E-state index in [-0.39, 0.29) is 0 Å². The summed E-state index contributed by atoms with van der Waals surface area (Å²) in [5, 5.41) is 14.5. The van der Waals surface area contributed by atoms with E-state index in [0.29, 0.717) is 0 Å². The molecule has 84 valence electrons. The first-order valence-electron chi connectivity index (χ1n) is 5.37. The molecule has 1 nitrogen and oxygen atoms in total. The van der Waals surface area contributed by atoms with E-state index >= 15 is 0 Å². The van der Waals surface area contributed by atoms with Crippen LogP contribution < -0.4 is 0 Å². The van der Waals surface area contributed by atoms with E-state index in [9.17, 15) is 5.11 Å². The van der Waals surface area contributed by atoms with Gasteiger partial charge in [0.25, 0.3) is 0 Å². The van der Waals surface area contributed by atoms with Gasteiger partial charge in [-0.2, -0.15) is 11.3 Å². The van der Waals surface area contributed by atoms with Crippen molar-refractivity contribution < 1.29 is 5.11 Å². The number of hydrogen-bond acceptors (Lipinski definition) is 2. The smallest absolute Gasteiger partial charge is 0.105 e. The van der Waals surface area contributed by atoms with Crippen LogP contribution in [-0.2, 0) is 0 Å². The predicted molar refractivity (Wildman–Crippen MR) is 69.0 cm³/mol. The molecule has 2 rings (SSSR count). The molecule has 0 radical (unpaired) electrons. The zero-order valence-corrected chi connectivity index (χ0v) is 10.6. The number of benzene rings is 1. The van der Waals surface area contributed by atoms with Gasteiger partial charge in [0.15, 0.2) is 0 Å². The number of hydrogen-bond donors (Lipinski definition) is 1. The van der Waals surface area contributed by atoms with Crippen LogP contribution in [0.15, 0.2) is 29.0 Å². The molecule has 2 heteroatoms. The van der Waals surface area contributed by atoms with E-state index in [1.807, 2.05) is 19.2 Å². The van der Waals surface area contributed by atoms with Gasteiger partial charge >= 0.3 is 0 Å². The Morgan fingerprint density at radius 2 is 1.75 bits per heavy atom. The number of aliphatic hydroxyl groups excluding tert-OH is 1. The van der Waals surface area contributed by atoms with Gasteiger partial charge in [-0.15, -0.1) is 0 Å². The molecule has 1 heterocycles. The summed E-state index contributed by atoms with van der Waals surface area (Å²) in [6.07, 6.45) is -0.494. The second-order valence-corrected chi connectivity index (χ2v) is 5.02. The highest BCUT2D eigenvalue weighted by Crippen LogP contribution is 2.29. The third kappa shape index (κ3) is 2.04. The van der Waals surface area contributed by atoms with Crippen molar-refractivity contribution in [2.75, 3.05) is 0 Å². The van der Waals surface area contributed by atoms with Gasteiger partial charge in [-0.1, -0.05) is 23.8 Å². The van der Waals surface area contributed by atoms with E-state index in [2.05, 4.69) is 30.5 Å². The van der Waals surface area contributed by atoms with Gasteiger partial charge in [-0.3, -0.25) is 0 Å². The summed E-state index contributed by atoms with van der Waals surface area (Å²) < 4.78 is 0. The molecular weight excluding hydrogens is 216 g/mol. The lowest BCUT2D eigenvalue weighted by atomic mass is 9.96. The van der Waals surface area contributed by atoms with Crippen LogP contribution in [0, 0.1) is 20.8 Å². The fourth-order valence-corrected chi connectivity index (χ4v) is 2.74. The van der Waals surface area contributed by atoms with Crippen molar-refractivity contribution in [3.8, 4) is 0 Å². The molecule has 2 aromatic rings. The lowest BCUT2D eigenvalue weighted by molar-refractivity contribution is 0.219. The van der Waals surface area contributed by atoms with Crippen molar-refractivity contribution in [3.05, 3.63) is 56.8 Å². The molecule has 0 spiro atoms. The molecule has 0 aliphatic rings. The third-order valence-electron chi connectivity index (χ3n) is 2.92. The summed E-state index contributed by atoms with van der Waals surface area (Å²) in [5.74, 6) is 0. The van der Waals surface area contributed by atoms with Gasteiger partial charge in [0, 0.05) is 0 Å². The van der Waals surface area contributed by atoms with Gasteiger partial charge in [0.2, 0.25) is 0 Å². The van der Waals surface area contributed by atoms with Crippen molar-refractivity contribution >= 4 is 11.3 Å². The summed E-state index contributed by atoms with van der Waals surface area (Å²) in [6, 6.07) is 6.21. The van der Waals surface area contributed by atoms with Gasteiger partial charge in [-0.25, -0.2) is 0 Å². The molecule has 0 fully saturated rings. The van der Waals surface area contributed by atoms with Gasteiger partial charge in [-0.05, 0) is 53.8 Å². The van der Waals surface area contributed by atoms with Crippen LogP contribution in [0.1, 0.15) is 33.9 Å². The zero-order chi connectivity index (χ0) is 11.7. The summed E-state index contributed by atoms with van der Waals surface area (Å²) >= 11 is 1.64. The molecular formula is C14H16OS. The molecule has 0 saturated heterocycles. The fraction of sp³-hybridized carbons (Fsp3) is 0.286. The third-order valence-corrected chi connectivity index (χ3v) is 3.80. The normalized spacial score (nSPS) is 12.8. The first-order chi connectivity index (χ1) is 7.59. The Bertz CT molecular complexity index is 499. The Labute approximate surface area is 100 Å². The zero-order valence-electron chi connectivity index (χ0n) is 9.82. The second-order valence-electron chi connectivity index (χ2n) is 4.27. The van der Waals surface area contributed by atoms with Crippen LogP contribution in [0.3, 0.4) is 0 Å². The number of thiophene rings is 1. The predicted octanol–water partition coefficient (Wildman–Crippen LogP) is 3.76. The minimum atomic E-state index is -0.494. The fourth-order valence-electron chi connectivity index (χ4n) is 1.87. The van der Waals surface area contributed by atoms with Crippen molar-refractivity contribution in [3.63, 3.8) is 0 Å². The number of aryl methyl sites for hydroxylation is 3. The maximum absolute atomic E-state index is 10.4. The molecule has 0 aliphatic carbocycles. The second kappa shape index (κ2) is 4.40. The number of rotatable bonds is 2. The van der Waals surface area contributed by atoms with Crippen LogP contribution in [-0.4, -0.2) is 5.11 Å². The summed E-state index contributed by atoms with van der Waals surface area (Å²) in [5.41, 5.74) is 5.54. The molecule has 1 aromatic heterocycles. The van der Waals surface area contributed by atoms with E-state index in [1.165, 1.54) is 11.1 Å². The molecule has 16 heavy (non-hydrogen) atoms. The highest BCUT2D eigenvalue weighted by molar-refractivity contribution is 7.08. The average Bonchev–Trinajstić information content (AvgIpc) is 2.67. The van der Waals surface area contributed by atoms with Gasteiger partial charge in [0.1, 0.15) is 6.10 Å². The standard InChI is InChI=1S/C14H16OS/c1-9-4-5-10(2)12(6-9)14(15)13-8-16-7-11(13)3/h4-8,14-15H,1-3H3. The Hall–Kier alpha value is -1.12. The van der Waals surface area contributed by atoms with Crippen LogP contribution in [0.2, 0.25) is 0 Å². The molecule has 1 atom stereocenters. The van der Waals surface area contributed by atoms with E-state index in [4.69, 9.17) is 0 Å². The summed E-state index contributed by atoms with van der Waals surface area (Å²) in [6.45, 7) is 6.13. The molecule has 1 N–H and O–H groups in total. The van der Waals surface area contributed by atoms with Crippen LogP contribution in [0.4, 0.5) is 0 Å². The lowest BCUT2D eigenvalue weighted by Crippen LogP contribution is -2.02. The molecule has 1 unspecified atom stereocenters. The van der Waals surface area contributed by atoms with Crippen molar-refractivity contribution in [1.82, 2.24) is 0 Å². The monoisotopic (exact) mass is 232 g/mol. The van der Waals surface area contributed by atoms with Crippen molar-refractivity contribution in [2.45, 2.75) is 26.9 Å². The summed E-state index contributed by atoms with van der Waals surface area (Å²) in [7, 11) is 0. The highest BCUT2D eigenvalue weighted by Gasteiger charge is 2.15. The van der Waals surface area contributed by atoms with Gasteiger partial charge in [0.05, 0.1) is 0 Å². The van der Waals surface area contributed by atoms with E-state index in [1.54, 1.807) is 11.3 Å². The SMILES string of the molecule is Cc1ccc(C)c(C(O)c2cscc2C)c1. The van der Waals surface area contributed by atoms with Crippen LogP contribution >= 0.6 is 11.3 Å².